The Bertz CT molecular complexity index is 645. The second-order valence-electron chi connectivity index (χ2n) is 6.24. The van der Waals surface area contributed by atoms with Gasteiger partial charge in [-0.25, -0.2) is 4.98 Å². The maximum Gasteiger partial charge on any atom is 0.201 e. The molecule has 2 N–H and O–H groups in total. The van der Waals surface area contributed by atoms with Crippen molar-refractivity contribution in [3.8, 4) is 0 Å². The molecule has 106 valence electrons. The molecule has 0 radical (unpaired) electrons. The maximum absolute atomic E-state index is 6.26. The fourth-order valence-electron chi connectivity index (χ4n) is 4.15. The molecule has 0 bridgehead atoms. The van der Waals surface area contributed by atoms with Crippen molar-refractivity contribution in [3.05, 3.63) is 23.8 Å². The molecule has 20 heavy (non-hydrogen) atoms. The molecule has 2 fully saturated rings. The molecule has 2 saturated heterocycles. The number of benzene rings is 1. The number of para-hydroxylation sites is 1. The van der Waals surface area contributed by atoms with Gasteiger partial charge in [-0.3, -0.25) is 4.90 Å². The lowest BCUT2D eigenvalue weighted by Gasteiger charge is -2.33. The summed E-state index contributed by atoms with van der Waals surface area (Å²) in [6, 6.07) is 7.55. The molecule has 4 rings (SSSR count). The van der Waals surface area contributed by atoms with Crippen LogP contribution in [0.1, 0.15) is 37.3 Å². The number of anilines is 1. The Morgan fingerprint density at radius 3 is 2.95 bits per heavy atom. The van der Waals surface area contributed by atoms with Gasteiger partial charge in [-0.1, -0.05) is 18.6 Å². The van der Waals surface area contributed by atoms with Crippen molar-refractivity contribution in [3.63, 3.8) is 0 Å². The van der Waals surface area contributed by atoms with Crippen LogP contribution in [0.2, 0.25) is 0 Å². The molecule has 0 saturated carbocycles. The van der Waals surface area contributed by atoms with Crippen LogP contribution >= 0.6 is 0 Å². The summed E-state index contributed by atoms with van der Waals surface area (Å²) >= 11 is 0. The molecular weight excluding hydrogens is 248 g/mol. The Kier molecular flexibility index (Phi) is 2.74. The number of nitrogens with two attached hydrogens (primary N) is 1. The van der Waals surface area contributed by atoms with Gasteiger partial charge in [0.15, 0.2) is 0 Å². The monoisotopic (exact) mass is 270 g/mol. The van der Waals surface area contributed by atoms with Gasteiger partial charge in [-0.2, -0.15) is 0 Å². The number of nitrogen functional groups attached to an aromatic ring is 1. The predicted octanol–water partition coefficient (Wildman–Crippen LogP) is 2.73. The second-order valence-corrected chi connectivity index (χ2v) is 6.24. The van der Waals surface area contributed by atoms with Gasteiger partial charge in [0, 0.05) is 12.6 Å². The first-order chi connectivity index (χ1) is 9.75. The van der Waals surface area contributed by atoms with Gasteiger partial charge in [0.1, 0.15) is 0 Å². The average molecular weight is 270 g/mol. The molecule has 3 heterocycles. The Morgan fingerprint density at radius 2 is 2.05 bits per heavy atom. The van der Waals surface area contributed by atoms with E-state index in [1.165, 1.54) is 49.9 Å². The van der Waals surface area contributed by atoms with Gasteiger partial charge >= 0.3 is 0 Å². The van der Waals surface area contributed by atoms with Crippen LogP contribution in [-0.4, -0.2) is 33.6 Å². The SMILES string of the molecule is Cc1cccc2c1nc(N)n2C1CCN2CCCCC12. The molecular formula is C16H22N4. The summed E-state index contributed by atoms with van der Waals surface area (Å²) in [5.41, 5.74) is 9.75. The van der Waals surface area contributed by atoms with E-state index in [4.69, 9.17) is 5.73 Å². The predicted molar refractivity (Wildman–Crippen MR) is 81.7 cm³/mol. The highest BCUT2D eigenvalue weighted by Crippen LogP contribution is 2.38. The molecule has 0 aliphatic carbocycles. The minimum Gasteiger partial charge on any atom is -0.369 e. The minimum absolute atomic E-state index is 0.502. The number of aromatic nitrogens is 2. The number of aryl methyl sites for hydroxylation is 1. The molecule has 0 amide bonds. The topological polar surface area (TPSA) is 47.1 Å². The standard InChI is InChI=1S/C16H22N4/c1-11-5-4-7-14-15(11)18-16(17)20(14)13-8-10-19-9-3-2-6-12(13)19/h4-5,7,12-13H,2-3,6,8-10H2,1H3,(H2,17,18). The van der Waals surface area contributed by atoms with Crippen molar-refractivity contribution in [2.45, 2.75) is 44.7 Å². The van der Waals surface area contributed by atoms with E-state index >= 15 is 0 Å². The van der Waals surface area contributed by atoms with Crippen molar-refractivity contribution in [2.24, 2.45) is 0 Å². The number of rotatable bonds is 1. The van der Waals surface area contributed by atoms with Gasteiger partial charge in [0.2, 0.25) is 5.95 Å². The maximum atomic E-state index is 6.26. The van der Waals surface area contributed by atoms with Crippen LogP contribution in [0.4, 0.5) is 5.95 Å². The highest BCUT2D eigenvalue weighted by atomic mass is 15.3. The highest BCUT2D eigenvalue weighted by molar-refractivity contribution is 5.81. The van der Waals surface area contributed by atoms with Crippen LogP contribution < -0.4 is 5.73 Å². The number of imidazole rings is 1. The van der Waals surface area contributed by atoms with Crippen LogP contribution in [0.3, 0.4) is 0 Å². The molecule has 4 heteroatoms. The van der Waals surface area contributed by atoms with Gasteiger partial charge in [-0.15, -0.1) is 0 Å². The molecule has 2 aliphatic rings. The van der Waals surface area contributed by atoms with E-state index in [0.717, 1.165) is 5.52 Å². The summed E-state index contributed by atoms with van der Waals surface area (Å²) in [5, 5.41) is 0. The second kappa shape index (κ2) is 4.48. The lowest BCUT2D eigenvalue weighted by atomic mass is 9.98. The smallest absolute Gasteiger partial charge is 0.201 e. The van der Waals surface area contributed by atoms with Crippen LogP contribution in [-0.2, 0) is 0 Å². The minimum atomic E-state index is 0.502. The van der Waals surface area contributed by atoms with Gasteiger partial charge in [-0.05, 0) is 44.4 Å². The van der Waals surface area contributed by atoms with E-state index in [1.807, 2.05) is 0 Å². The first-order valence-electron chi connectivity index (χ1n) is 7.73. The summed E-state index contributed by atoms with van der Waals surface area (Å²) in [7, 11) is 0. The highest BCUT2D eigenvalue weighted by Gasteiger charge is 2.37. The molecule has 2 aliphatic heterocycles. The summed E-state index contributed by atoms with van der Waals surface area (Å²) in [6.45, 7) is 4.58. The van der Waals surface area contributed by atoms with E-state index < -0.39 is 0 Å². The molecule has 4 nitrogen and oxygen atoms in total. The zero-order valence-electron chi connectivity index (χ0n) is 12.0. The van der Waals surface area contributed by atoms with Crippen LogP contribution in [0.5, 0.6) is 0 Å². The van der Waals surface area contributed by atoms with Crippen molar-refractivity contribution in [1.29, 1.82) is 0 Å². The van der Waals surface area contributed by atoms with Crippen molar-refractivity contribution >= 4 is 17.0 Å². The van der Waals surface area contributed by atoms with E-state index in [0.29, 0.717) is 18.0 Å². The Labute approximate surface area is 119 Å². The third-order valence-electron chi connectivity index (χ3n) is 5.10. The van der Waals surface area contributed by atoms with E-state index in [1.54, 1.807) is 0 Å². The normalized spacial score (nSPS) is 27.1. The van der Waals surface area contributed by atoms with Crippen molar-refractivity contribution < 1.29 is 0 Å². The molecule has 1 aromatic heterocycles. The first kappa shape index (κ1) is 12.2. The molecule has 1 aromatic carbocycles. The van der Waals surface area contributed by atoms with Crippen molar-refractivity contribution in [1.82, 2.24) is 14.5 Å². The van der Waals surface area contributed by atoms with Crippen LogP contribution in [0, 0.1) is 6.92 Å². The third-order valence-corrected chi connectivity index (χ3v) is 5.10. The Hall–Kier alpha value is -1.55. The molecule has 2 aromatic rings. The zero-order chi connectivity index (χ0) is 13.7. The largest absolute Gasteiger partial charge is 0.369 e. The lowest BCUT2D eigenvalue weighted by Crippen LogP contribution is -2.37. The average Bonchev–Trinajstić information content (AvgIpc) is 3.00. The molecule has 2 unspecified atom stereocenters. The van der Waals surface area contributed by atoms with E-state index in [2.05, 4.69) is 39.6 Å². The summed E-state index contributed by atoms with van der Waals surface area (Å²) in [6.07, 6.45) is 5.20. The third kappa shape index (κ3) is 1.67. The molecule has 2 atom stereocenters. The Morgan fingerprint density at radius 1 is 1.15 bits per heavy atom. The Balaban J connectivity index is 1.82. The van der Waals surface area contributed by atoms with Gasteiger partial charge in [0.25, 0.3) is 0 Å². The first-order valence-corrected chi connectivity index (χ1v) is 7.73. The number of fused-ring (bicyclic) bond motifs is 2. The van der Waals surface area contributed by atoms with Crippen molar-refractivity contribution in [2.75, 3.05) is 18.8 Å². The number of hydrogen-bond donors (Lipinski definition) is 1. The summed E-state index contributed by atoms with van der Waals surface area (Å²) in [4.78, 5) is 7.27. The fourth-order valence-corrected chi connectivity index (χ4v) is 4.15. The summed E-state index contributed by atoms with van der Waals surface area (Å²) < 4.78 is 2.30. The zero-order valence-corrected chi connectivity index (χ0v) is 12.0. The van der Waals surface area contributed by atoms with E-state index in [9.17, 15) is 0 Å². The number of nitrogens with zero attached hydrogens (tertiary/aromatic N) is 3. The number of hydrogen-bond acceptors (Lipinski definition) is 3. The number of piperidine rings is 1. The fraction of sp³-hybridized carbons (Fsp3) is 0.562. The van der Waals surface area contributed by atoms with E-state index in [-0.39, 0.29) is 0 Å². The summed E-state index contributed by atoms with van der Waals surface area (Å²) in [5.74, 6) is 0.687. The molecule has 0 spiro atoms. The van der Waals surface area contributed by atoms with Crippen LogP contribution in [0.25, 0.3) is 11.0 Å². The quantitative estimate of drug-likeness (QED) is 0.866. The lowest BCUT2D eigenvalue weighted by molar-refractivity contribution is 0.175. The van der Waals surface area contributed by atoms with Gasteiger partial charge < -0.3 is 10.3 Å². The van der Waals surface area contributed by atoms with Crippen LogP contribution in [0.15, 0.2) is 18.2 Å². The van der Waals surface area contributed by atoms with Gasteiger partial charge in [0.05, 0.1) is 17.1 Å².